The molecule has 0 spiro atoms. The molecule has 0 aromatic rings. The molecule has 1 saturated heterocycles. The van der Waals surface area contributed by atoms with Gasteiger partial charge >= 0.3 is 6.03 Å². The minimum absolute atomic E-state index is 0.0743. The molecule has 2 rings (SSSR count). The van der Waals surface area contributed by atoms with Gasteiger partial charge in [-0.1, -0.05) is 13.3 Å². The van der Waals surface area contributed by atoms with Gasteiger partial charge in [-0.2, -0.15) is 0 Å². The lowest BCUT2D eigenvalue weighted by Crippen LogP contribution is -2.44. The van der Waals surface area contributed by atoms with E-state index in [4.69, 9.17) is 0 Å². The van der Waals surface area contributed by atoms with Gasteiger partial charge in [0, 0.05) is 6.54 Å². The zero-order valence-electron chi connectivity index (χ0n) is 8.51. The van der Waals surface area contributed by atoms with Crippen LogP contribution in [0.3, 0.4) is 0 Å². The number of carbonyl (C=O) groups excluding carboxylic acids is 2. The van der Waals surface area contributed by atoms with Gasteiger partial charge in [0.2, 0.25) is 5.91 Å². The number of nitrogens with zero attached hydrogens (tertiary/aromatic N) is 1. The summed E-state index contributed by atoms with van der Waals surface area (Å²) in [6, 6.07) is -0.213. The number of amides is 3. The van der Waals surface area contributed by atoms with Crippen LogP contribution in [0.25, 0.3) is 0 Å². The van der Waals surface area contributed by atoms with Crippen LogP contribution in [0.5, 0.6) is 0 Å². The number of rotatable bonds is 3. The lowest BCUT2D eigenvalue weighted by Gasteiger charge is -2.42. The number of carbonyl (C=O) groups is 2. The van der Waals surface area contributed by atoms with Crippen LogP contribution in [-0.2, 0) is 4.79 Å². The highest BCUT2D eigenvalue weighted by molar-refractivity contribution is 6.01. The Morgan fingerprint density at radius 1 is 1.43 bits per heavy atom. The van der Waals surface area contributed by atoms with Gasteiger partial charge in [0.15, 0.2) is 0 Å². The van der Waals surface area contributed by atoms with Crippen LogP contribution in [0.2, 0.25) is 0 Å². The van der Waals surface area contributed by atoms with Crippen molar-refractivity contribution in [2.75, 3.05) is 13.1 Å². The number of nitrogens with one attached hydrogen (secondary N) is 1. The summed E-state index contributed by atoms with van der Waals surface area (Å²) in [7, 11) is 0. The van der Waals surface area contributed by atoms with Crippen molar-refractivity contribution in [2.45, 2.75) is 32.6 Å². The molecule has 0 aromatic heterocycles. The van der Waals surface area contributed by atoms with Crippen molar-refractivity contribution in [3.63, 3.8) is 0 Å². The molecular formula is C10H16N2O2. The fourth-order valence-corrected chi connectivity index (χ4v) is 2.25. The second kappa shape index (κ2) is 3.26. The zero-order valence-corrected chi connectivity index (χ0v) is 8.51. The maximum absolute atomic E-state index is 11.4. The molecule has 0 radical (unpaired) electrons. The molecule has 1 aliphatic carbocycles. The highest BCUT2D eigenvalue weighted by Crippen LogP contribution is 2.44. The summed E-state index contributed by atoms with van der Waals surface area (Å²) in [5.74, 6) is -0.0743. The van der Waals surface area contributed by atoms with E-state index < -0.39 is 0 Å². The third kappa shape index (κ3) is 1.38. The van der Waals surface area contributed by atoms with Crippen molar-refractivity contribution in [1.82, 2.24) is 10.2 Å². The molecule has 1 heterocycles. The van der Waals surface area contributed by atoms with Crippen LogP contribution in [0.4, 0.5) is 4.79 Å². The summed E-state index contributed by atoms with van der Waals surface area (Å²) < 4.78 is 0. The van der Waals surface area contributed by atoms with Crippen molar-refractivity contribution in [3.8, 4) is 0 Å². The third-order valence-electron chi connectivity index (χ3n) is 3.59. The van der Waals surface area contributed by atoms with Crippen LogP contribution in [0.15, 0.2) is 0 Å². The van der Waals surface area contributed by atoms with Crippen molar-refractivity contribution in [1.29, 1.82) is 0 Å². The Balaban J connectivity index is 2.02. The molecule has 0 aromatic carbocycles. The maximum atomic E-state index is 11.4. The van der Waals surface area contributed by atoms with Gasteiger partial charge in [0.05, 0.1) is 6.54 Å². The molecule has 2 fully saturated rings. The van der Waals surface area contributed by atoms with Crippen molar-refractivity contribution in [2.24, 2.45) is 5.41 Å². The van der Waals surface area contributed by atoms with Gasteiger partial charge in [-0.3, -0.25) is 9.69 Å². The molecule has 4 nitrogen and oxygen atoms in total. The Bertz CT molecular complexity index is 250. The first-order valence-corrected chi connectivity index (χ1v) is 5.25. The fraction of sp³-hybridized carbons (Fsp3) is 0.800. The van der Waals surface area contributed by atoms with E-state index in [2.05, 4.69) is 12.2 Å². The van der Waals surface area contributed by atoms with Gasteiger partial charge in [-0.25, -0.2) is 4.79 Å². The predicted octanol–water partition coefficient (Wildman–Crippen LogP) is 1.12. The van der Waals surface area contributed by atoms with Crippen molar-refractivity contribution < 1.29 is 9.59 Å². The molecule has 4 heteroatoms. The molecule has 3 amide bonds. The Hall–Kier alpha value is -1.06. The second-order valence-electron chi connectivity index (χ2n) is 4.35. The van der Waals surface area contributed by atoms with Crippen LogP contribution < -0.4 is 5.32 Å². The van der Waals surface area contributed by atoms with E-state index in [9.17, 15) is 9.59 Å². The Morgan fingerprint density at radius 3 is 2.50 bits per heavy atom. The first kappa shape index (κ1) is 9.49. The molecule has 14 heavy (non-hydrogen) atoms. The summed E-state index contributed by atoms with van der Waals surface area (Å²) in [4.78, 5) is 24.1. The van der Waals surface area contributed by atoms with Gasteiger partial charge in [-0.05, 0) is 24.7 Å². The molecule has 2 aliphatic rings. The van der Waals surface area contributed by atoms with Crippen LogP contribution in [-0.4, -0.2) is 29.9 Å². The smallest absolute Gasteiger partial charge is 0.324 e. The zero-order chi connectivity index (χ0) is 10.2. The molecule has 78 valence electrons. The summed E-state index contributed by atoms with van der Waals surface area (Å²) in [5, 5.41) is 2.55. The highest BCUT2D eigenvalue weighted by Gasteiger charge is 2.41. The van der Waals surface area contributed by atoms with Gasteiger partial charge in [0.1, 0.15) is 0 Å². The Morgan fingerprint density at radius 2 is 2.14 bits per heavy atom. The van der Waals surface area contributed by atoms with Crippen LogP contribution >= 0.6 is 0 Å². The first-order valence-electron chi connectivity index (χ1n) is 5.25. The average Bonchev–Trinajstić information content (AvgIpc) is 2.41. The molecule has 0 unspecified atom stereocenters. The van der Waals surface area contributed by atoms with Gasteiger partial charge in [-0.15, -0.1) is 0 Å². The number of urea groups is 1. The van der Waals surface area contributed by atoms with E-state index >= 15 is 0 Å². The average molecular weight is 196 g/mol. The second-order valence-corrected chi connectivity index (χ2v) is 4.35. The van der Waals surface area contributed by atoms with E-state index in [0.717, 1.165) is 19.3 Å². The van der Waals surface area contributed by atoms with E-state index in [1.807, 2.05) is 0 Å². The van der Waals surface area contributed by atoms with Crippen molar-refractivity contribution >= 4 is 11.9 Å². The molecular weight excluding hydrogens is 180 g/mol. The molecule has 1 saturated carbocycles. The minimum Gasteiger partial charge on any atom is -0.329 e. The van der Waals surface area contributed by atoms with Gasteiger partial charge < -0.3 is 5.32 Å². The monoisotopic (exact) mass is 196 g/mol. The SMILES string of the molecule is CCC1(CN2C(=O)CNC2=O)CCC1. The van der Waals surface area contributed by atoms with Crippen molar-refractivity contribution in [3.05, 3.63) is 0 Å². The summed E-state index contributed by atoms with van der Waals surface area (Å²) >= 11 is 0. The first-order chi connectivity index (χ1) is 6.67. The summed E-state index contributed by atoms with van der Waals surface area (Å²) in [6.45, 7) is 2.93. The normalized spacial score (nSPS) is 24.8. The molecule has 1 N–H and O–H groups in total. The number of hydrogen-bond donors (Lipinski definition) is 1. The third-order valence-corrected chi connectivity index (χ3v) is 3.59. The standard InChI is InChI=1S/C10H16N2O2/c1-2-10(4-3-5-10)7-12-8(13)6-11-9(12)14/h2-7H2,1H3,(H,11,14). The Labute approximate surface area is 83.6 Å². The summed E-state index contributed by atoms with van der Waals surface area (Å²) in [5.41, 5.74) is 0.233. The molecule has 0 bridgehead atoms. The van der Waals surface area contributed by atoms with Crippen LogP contribution in [0, 0.1) is 5.41 Å². The van der Waals surface area contributed by atoms with E-state index in [1.54, 1.807) is 0 Å². The number of imide groups is 1. The van der Waals surface area contributed by atoms with Crippen LogP contribution in [0.1, 0.15) is 32.6 Å². The Kier molecular flexibility index (Phi) is 2.21. The topological polar surface area (TPSA) is 49.4 Å². The number of hydrogen-bond acceptors (Lipinski definition) is 2. The predicted molar refractivity (Wildman–Crippen MR) is 51.7 cm³/mol. The summed E-state index contributed by atoms with van der Waals surface area (Å²) in [6.07, 6.45) is 4.60. The fourth-order valence-electron chi connectivity index (χ4n) is 2.25. The highest BCUT2D eigenvalue weighted by atomic mass is 16.2. The molecule has 0 atom stereocenters. The largest absolute Gasteiger partial charge is 0.329 e. The quantitative estimate of drug-likeness (QED) is 0.687. The maximum Gasteiger partial charge on any atom is 0.324 e. The lowest BCUT2D eigenvalue weighted by molar-refractivity contribution is -0.126. The van der Waals surface area contributed by atoms with E-state index in [1.165, 1.54) is 11.3 Å². The lowest BCUT2D eigenvalue weighted by atomic mass is 9.67. The van der Waals surface area contributed by atoms with Gasteiger partial charge in [0.25, 0.3) is 0 Å². The van der Waals surface area contributed by atoms with E-state index in [0.29, 0.717) is 6.54 Å². The molecule has 1 aliphatic heterocycles. The van der Waals surface area contributed by atoms with E-state index in [-0.39, 0.29) is 23.9 Å². The minimum atomic E-state index is -0.213.